The maximum atomic E-state index is 12.7. The fourth-order valence-corrected chi connectivity index (χ4v) is 4.15. The van der Waals surface area contributed by atoms with E-state index in [0.29, 0.717) is 28.4 Å². The molecular formula is C21H21N5O3S. The van der Waals surface area contributed by atoms with E-state index < -0.39 is 5.25 Å². The molecular weight excluding hydrogens is 402 g/mol. The highest BCUT2D eigenvalue weighted by Gasteiger charge is 2.21. The van der Waals surface area contributed by atoms with Gasteiger partial charge in [-0.1, -0.05) is 42.1 Å². The summed E-state index contributed by atoms with van der Waals surface area (Å²) >= 11 is 1.29. The lowest BCUT2D eigenvalue weighted by Crippen LogP contribution is -2.30. The minimum atomic E-state index is -0.414. The molecule has 2 heterocycles. The van der Waals surface area contributed by atoms with Crippen LogP contribution in [0, 0.1) is 0 Å². The number of carbonyl (C=O) groups is 1. The van der Waals surface area contributed by atoms with Crippen LogP contribution in [-0.2, 0) is 18.4 Å². The number of rotatable bonds is 6. The van der Waals surface area contributed by atoms with Gasteiger partial charge in [0, 0.05) is 19.2 Å². The number of para-hydroxylation sites is 2. The fourth-order valence-electron chi connectivity index (χ4n) is 3.27. The zero-order valence-corrected chi connectivity index (χ0v) is 17.6. The Morgan fingerprint density at radius 2 is 1.90 bits per heavy atom. The average Bonchev–Trinajstić information content (AvgIpc) is 3.19. The summed E-state index contributed by atoms with van der Waals surface area (Å²) in [5.74, 6) is 1.04. The molecule has 4 aromatic rings. The number of benzene rings is 2. The first-order chi connectivity index (χ1) is 14.5. The highest BCUT2D eigenvalue weighted by molar-refractivity contribution is 8.00. The molecule has 0 fully saturated rings. The molecule has 2 aromatic carbocycles. The van der Waals surface area contributed by atoms with Crippen LogP contribution in [0.25, 0.3) is 16.7 Å². The first-order valence-electron chi connectivity index (χ1n) is 9.40. The first-order valence-corrected chi connectivity index (χ1v) is 10.3. The van der Waals surface area contributed by atoms with Crippen molar-refractivity contribution in [3.63, 3.8) is 0 Å². The van der Waals surface area contributed by atoms with Crippen LogP contribution in [0.15, 0.2) is 58.5 Å². The van der Waals surface area contributed by atoms with Crippen LogP contribution in [0.3, 0.4) is 0 Å². The van der Waals surface area contributed by atoms with Crippen molar-refractivity contribution in [3.8, 4) is 5.75 Å². The highest BCUT2D eigenvalue weighted by Crippen LogP contribution is 2.25. The number of amides is 1. The third-order valence-electron chi connectivity index (χ3n) is 4.89. The molecule has 1 atom stereocenters. The normalized spacial score (nSPS) is 12.2. The van der Waals surface area contributed by atoms with Crippen molar-refractivity contribution in [2.75, 3.05) is 7.11 Å². The van der Waals surface area contributed by atoms with Gasteiger partial charge in [0.2, 0.25) is 11.7 Å². The van der Waals surface area contributed by atoms with E-state index in [2.05, 4.69) is 15.5 Å². The number of carbonyl (C=O) groups excluding carboxylic acids is 1. The Hall–Kier alpha value is -3.33. The summed E-state index contributed by atoms with van der Waals surface area (Å²) in [5.41, 5.74) is 1.48. The van der Waals surface area contributed by atoms with E-state index in [4.69, 9.17) is 4.74 Å². The van der Waals surface area contributed by atoms with Crippen molar-refractivity contribution in [1.82, 2.24) is 24.5 Å². The second-order valence-corrected chi connectivity index (χ2v) is 8.10. The Bertz CT molecular complexity index is 1300. The third-order valence-corrected chi connectivity index (χ3v) is 5.94. The van der Waals surface area contributed by atoms with Crippen LogP contribution in [-0.4, -0.2) is 37.4 Å². The molecule has 30 heavy (non-hydrogen) atoms. The molecule has 0 aliphatic heterocycles. The quantitative estimate of drug-likeness (QED) is 0.479. The van der Waals surface area contributed by atoms with Crippen molar-refractivity contribution in [1.29, 1.82) is 0 Å². The average molecular weight is 423 g/mol. The number of thioether (sulfide) groups is 1. The van der Waals surface area contributed by atoms with Crippen LogP contribution in [0.4, 0.5) is 0 Å². The molecule has 0 aliphatic rings. The van der Waals surface area contributed by atoms with Gasteiger partial charge in [-0.15, -0.1) is 10.2 Å². The number of ether oxygens (including phenoxy) is 1. The molecule has 0 bridgehead atoms. The SMILES string of the molecule is COc1ccccc1CNC(=O)C(C)Sc1nnc2n(C)c(=O)c3ccccc3n12. The molecule has 0 aliphatic carbocycles. The maximum Gasteiger partial charge on any atom is 0.262 e. The Morgan fingerprint density at radius 1 is 1.17 bits per heavy atom. The van der Waals surface area contributed by atoms with Crippen molar-refractivity contribution in [2.24, 2.45) is 7.05 Å². The van der Waals surface area contributed by atoms with Crippen LogP contribution in [0.2, 0.25) is 0 Å². The summed E-state index contributed by atoms with van der Waals surface area (Å²) in [6.45, 7) is 2.18. The number of nitrogens with zero attached hydrogens (tertiary/aromatic N) is 4. The molecule has 8 nitrogen and oxygen atoms in total. The number of nitrogens with one attached hydrogen (secondary N) is 1. The largest absolute Gasteiger partial charge is 0.496 e. The van der Waals surface area contributed by atoms with Gasteiger partial charge in [-0.05, 0) is 25.1 Å². The minimum absolute atomic E-state index is 0.128. The fraction of sp³-hybridized carbons (Fsp3) is 0.238. The Kier molecular flexibility index (Phi) is 5.45. The first kappa shape index (κ1) is 20.0. The number of aryl methyl sites for hydroxylation is 1. The number of hydrogen-bond acceptors (Lipinski definition) is 6. The van der Waals surface area contributed by atoms with E-state index >= 15 is 0 Å². The predicted octanol–water partition coefficient (Wildman–Crippen LogP) is 2.39. The van der Waals surface area contributed by atoms with Gasteiger partial charge >= 0.3 is 0 Å². The van der Waals surface area contributed by atoms with E-state index in [1.807, 2.05) is 53.8 Å². The molecule has 9 heteroatoms. The van der Waals surface area contributed by atoms with Gasteiger partial charge in [0.25, 0.3) is 5.56 Å². The molecule has 4 rings (SSSR count). The van der Waals surface area contributed by atoms with Crippen molar-refractivity contribution >= 4 is 34.3 Å². The van der Waals surface area contributed by atoms with E-state index in [0.717, 1.165) is 11.3 Å². The topological polar surface area (TPSA) is 90.5 Å². The van der Waals surface area contributed by atoms with E-state index in [-0.39, 0.29) is 11.5 Å². The molecule has 0 saturated carbocycles. The van der Waals surface area contributed by atoms with Gasteiger partial charge in [-0.3, -0.25) is 18.6 Å². The highest BCUT2D eigenvalue weighted by atomic mass is 32.2. The summed E-state index contributed by atoms with van der Waals surface area (Å²) in [6.07, 6.45) is 0. The van der Waals surface area contributed by atoms with Crippen LogP contribution in [0.5, 0.6) is 5.75 Å². The lowest BCUT2D eigenvalue weighted by molar-refractivity contribution is -0.120. The van der Waals surface area contributed by atoms with Crippen LogP contribution < -0.4 is 15.6 Å². The van der Waals surface area contributed by atoms with Crippen LogP contribution >= 0.6 is 11.8 Å². The van der Waals surface area contributed by atoms with Gasteiger partial charge in [0.1, 0.15) is 5.75 Å². The van der Waals surface area contributed by atoms with Gasteiger partial charge in [-0.25, -0.2) is 0 Å². The second-order valence-electron chi connectivity index (χ2n) is 6.79. The van der Waals surface area contributed by atoms with Gasteiger partial charge in [-0.2, -0.15) is 0 Å². The van der Waals surface area contributed by atoms with E-state index in [1.54, 1.807) is 20.2 Å². The smallest absolute Gasteiger partial charge is 0.262 e. The summed E-state index contributed by atoms with van der Waals surface area (Å²) in [7, 11) is 3.27. The summed E-state index contributed by atoms with van der Waals surface area (Å²) in [5, 5.41) is 12.0. The van der Waals surface area contributed by atoms with Gasteiger partial charge in [0.05, 0.1) is 23.3 Å². The number of aromatic nitrogens is 4. The summed E-state index contributed by atoms with van der Waals surface area (Å²) < 4.78 is 8.60. The third kappa shape index (κ3) is 3.52. The minimum Gasteiger partial charge on any atom is -0.496 e. The molecule has 0 saturated heterocycles. The molecule has 1 amide bonds. The van der Waals surface area contributed by atoms with Crippen LogP contribution in [0.1, 0.15) is 12.5 Å². The summed E-state index contributed by atoms with van der Waals surface area (Å²) in [4.78, 5) is 25.2. The Morgan fingerprint density at radius 3 is 2.70 bits per heavy atom. The number of methoxy groups -OCH3 is 1. The van der Waals surface area contributed by atoms with Gasteiger partial charge < -0.3 is 10.1 Å². The standard InChI is InChI=1S/C21H21N5O3S/c1-13(18(27)22-12-14-8-4-7-11-17(14)29-3)30-21-24-23-20-25(2)19(28)15-9-5-6-10-16(15)26(20)21/h4-11,13H,12H2,1-3H3,(H,22,27). The lowest BCUT2D eigenvalue weighted by atomic mass is 10.2. The maximum absolute atomic E-state index is 12.7. The molecule has 2 aromatic heterocycles. The Balaban J connectivity index is 1.58. The lowest BCUT2D eigenvalue weighted by Gasteiger charge is -2.13. The zero-order chi connectivity index (χ0) is 21.3. The predicted molar refractivity (Wildman–Crippen MR) is 116 cm³/mol. The molecule has 154 valence electrons. The molecule has 0 spiro atoms. The van der Waals surface area contributed by atoms with Gasteiger partial charge in [0.15, 0.2) is 5.16 Å². The number of fused-ring (bicyclic) bond motifs is 3. The van der Waals surface area contributed by atoms with E-state index in [9.17, 15) is 9.59 Å². The zero-order valence-electron chi connectivity index (χ0n) is 16.8. The van der Waals surface area contributed by atoms with Crippen molar-refractivity contribution < 1.29 is 9.53 Å². The Labute approximate surface area is 176 Å². The van der Waals surface area contributed by atoms with Crippen molar-refractivity contribution in [2.45, 2.75) is 23.9 Å². The molecule has 1 N–H and O–H groups in total. The number of hydrogen-bond donors (Lipinski definition) is 1. The molecule has 0 radical (unpaired) electrons. The van der Waals surface area contributed by atoms with E-state index in [1.165, 1.54) is 16.3 Å². The monoisotopic (exact) mass is 423 g/mol. The van der Waals surface area contributed by atoms with Crippen molar-refractivity contribution in [3.05, 3.63) is 64.4 Å². The second kappa shape index (κ2) is 8.19. The molecule has 1 unspecified atom stereocenters. The summed E-state index contributed by atoms with van der Waals surface area (Å²) in [6, 6.07) is 14.9.